The lowest BCUT2D eigenvalue weighted by Crippen LogP contribution is -2.39. The number of aromatic nitrogens is 1. The molecule has 2 aromatic rings. The fraction of sp³-hybridized carbons (Fsp3) is 0.273. The van der Waals surface area contributed by atoms with E-state index >= 15 is 0 Å². The summed E-state index contributed by atoms with van der Waals surface area (Å²) in [5, 5.41) is 15.4. The SMILES string of the molecule is CCOc1ccc(C(=O)NCCNC(=O)/C(=C/Nc2ccccn2)C(=N)C(C)(F)F)cc1. The molecular formula is C22H25F2N5O3. The maximum Gasteiger partial charge on any atom is 0.287 e. The molecule has 0 unspecified atom stereocenters. The van der Waals surface area contributed by atoms with E-state index in [1.165, 1.54) is 6.20 Å². The second-order valence-corrected chi connectivity index (χ2v) is 6.65. The van der Waals surface area contributed by atoms with Crippen molar-refractivity contribution in [2.24, 2.45) is 0 Å². The number of hydrogen-bond acceptors (Lipinski definition) is 6. The summed E-state index contributed by atoms with van der Waals surface area (Å²) in [6.07, 6.45) is 2.50. The van der Waals surface area contributed by atoms with E-state index in [0.717, 1.165) is 6.20 Å². The van der Waals surface area contributed by atoms with Crippen molar-refractivity contribution in [1.82, 2.24) is 15.6 Å². The van der Waals surface area contributed by atoms with Gasteiger partial charge in [0, 0.05) is 38.0 Å². The number of carbonyl (C=O) groups excluding carboxylic acids is 2. The average Bonchev–Trinajstić information content (AvgIpc) is 2.77. The molecule has 10 heteroatoms. The van der Waals surface area contributed by atoms with E-state index in [1.54, 1.807) is 42.5 Å². The van der Waals surface area contributed by atoms with Gasteiger partial charge in [-0.05, 0) is 43.3 Å². The molecule has 1 aromatic carbocycles. The van der Waals surface area contributed by atoms with Crippen molar-refractivity contribution < 1.29 is 23.1 Å². The molecule has 4 N–H and O–H groups in total. The molecule has 0 saturated heterocycles. The minimum atomic E-state index is -3.52. The number of nitrogens with zero attached hydrogens (tertiary/aromatic N) is 1. The molecule has 1 aromatic heterocycles. The van der Waals surface area contributed by atoms with E-state index in [4.69, 9.17) is 10.1 Å². The third-order valence-electron chi connectivity index (χ3n) is 4.11. The first-order valence-corrected chi connectivity index (χ1v) is 9.86. The molecule has 0 saturated carbocycles. The van der Waals surface area contributed by atoms with Crippen LogP contribution < -0.4 is 20.7 Å². The molecule has 0 aliphatic rings. The summed E-state index contributed by atoms with van der Waals surface area (Å²) in [7, 11) is 0. The third kappa shape index (κ3) is 7.46. The summed E-state index contributed by atoms with van der Waals surface area (Å²) in [5.41, 5.74) is -1.27. The molecule has 0 spiro atoms. The zero-order chi connectivity index (χ0) is 23.6. The summed E-state index contributed by atoms with van der Waals surface area (Å²) in [6, 6.07) is 11.5. The highest BCUT2D eigenvalue weighted by molar-refractivity contribution is 6.22. The highest BCUT2D eigenvalue weighted by Crippen LogP contribution is 2.19. The number of pyridine rings is 1. The molecule has 0 aliphatic carbocycles. The van der Waals surface area contributed by atoms with Gasteiger partial charge in [0.25, 0.3) is 17.7 Å². The van der Waals surface area contributed by atoms with Crippen LogP contribution in [-0.2, 0) is 4.79 Å². The number of carbonyl (C=O) groups is 2. The molecule has 0 radical (unpaired) electrons. The summed E-state index contributed by atoms with van der Waals surface area (Å²) in [5.74, 6) is -3.78. The second kappa shape index (κ2) is 11.5. The van der Waals surface area contributed by atoms with Crippen LogP contribution in [0.4, 0.5) is 14.6 Å². The summed E-state index contributed by atoms with van der Waals surface area (Å²) in [6.45, 7) is 2.95. The van der Waals surface area contributed by atoms with Crippen LogP contribution in [0, 0.1) is 5.41 Å². The van der Waals surface area contributed by atoms with Crippen molar-refractivity contribution in [1.29, 1.82) is 5.41 Å². The Kier molecular flexibility index (Phi) is 8.82. The minimum absolute atomic E-state index is 0.0227. The van der Waals surface area contributed by atoms with Crippen molar-refractivity contribution in [2.75, 3.05) is 25.0 Å². The van der Waals surface area contributed by atoms with Crippen LogP contribution in [0.5, 0.6) is 5.75 Å². The van der Waals surface area contributed by atoms with Gasteiger partial charge >= 0.3 is 0 Å². The molecule has 8 nitrogen and oxygen atoms in total. The summed E-state index contributed by atoms with van der Waals surface area (Å²) >= 11 is 0. The number of rotatable bonds is 11. The number of hydrogen-bond donors (Lipinski definition) is 4. The highest BCUT2D eigenvalue weighted by atomic mass is 19.3. The fourth-order valence-electron chi connectivity index (χ4n) is 2.50. The Morgan fingerprint density at radius 3 is 2.41 bits per heavy atom. The first-order chi connectivity index (χ1) is 15.2. The number of halogens is 2. The topological polar surface area (TPSA) is 116 Å². The van der Waals surface area contributed by atoms with Crippen molar-refractivity contribution in [3.05, 3.63) is 66.0 Å². The zero-order valence-electron chi connectivity index (χ0n) is 17.7. The molecule has 170 valence electrons. The number of nitrogens with one attached hydrogen (secondary N) is 4. The van der Waals surface area contributed by atoms with Crippen LogP contribution in [0.15, 0.2) is 60.4 Å². The second-order valence-electron chi connectivity index (χ2n) is 6.65. The first kappa shape index (κ1) is 24.4. The number of alkyl halides is 2. The van der Waals surface area contributed by atoms with Crippen LogP contribution in [-0.4, -0.2) is 48.1 Å². The van der Waals surface area contributed by atoms with Crippen LogP contribution in [0.2, 0.25) is 0 Å². The normalized spacial score (nSPS) is 11.4. The van der Waals surface area contributed by atoms with Crippen LogP contribution in [0.3, 0.4) is 0 Å². The lowest BCUT2D eigenvalue weighted by Gasteiger charge is -2.16. The quantitative estimate of drug-likeness (QED) is 0.241. The monoisotopic (exact) mass is 445 g/mol. The number of benzene rings is 1. The Labute approximate surface area is 184 Å². The van der Waals surface area contributed by atoms with Gasteiger partial charge in [0.15, 0.2) is 0 Å². The van der Waals surface area contributed by atoms with E-state index in [0.29, 0.717) is 30.7 Å². The third-order valence-corrected chi connectivity index (χ3v) is 4.11. The molecule has 2 rings (SSSR count). The van der Waals surface area contributed by atoms with Gasteiger partial charge < -0.3 is 20.7 Å². The first-order valence-electron chi connectivity index (χ1n) is 9.86. The zero-order valence-corrected chi connectivity index (χ0v) is 17.7. The Morgan fingerprint density at radius 1 is 1.12 bits per heavy atom. The van der Waals surface area contributed by atoms with Gasteiger partial charge in [-0.15, -0.1) is 0 Å². The Morgan fingerprint density at radius 2 is 1.81 bits per heavy atom. The molecule has 0 aliphatic heterocycles. The highest BCUT2D eigenvalue weighted by Gasteiger charge is 2.33. The average molecular weight is 445 g/mol. The van der Waals surface area contributed by atoms with Crippen molar-refractivity contribution in [3.8, 4) is 5.75 Å². The predicted molar refractivity (Wildman–Crippen MR) is 117 cm³/mol. The van der Waals surface area contributed by atoms with Crippen LogP contribution in [0.25, 0.3) is 0 Å². The van der Waals surface area contributed by atoms with Gasteiger partial charge in [-0.25, -0.2) is 4.98 Å². The summed E-state index contributed by atoms with van der Waals surface area (Å²) in [4.78, 5) is 28.6. The maximum atomic E-state index is 13.7. The van der Waals surface area contributed by atoms with Gasteiger partial charge in [0.1, 0.15) is 17.3 Å². The molecule has 1 heterocycles. The van der Waals surface area contributed by atoms with E-state index in [9.17, 15) is 18.4 Å². The lowest BCUT2D eigenvalue weighted by molar-refractivity contribution is -0.117. The molecule has 0 bridgehead atoms. The van der Waals surface area contributed by atoms with Gasteiger partial charge in [-0.2, -0.15) is 8.78 Å². The van der Waals surface area contributed by atoms with Gasteiger partial charge in [0.05, 0.1) is 12.2 Å². The van der Waals surface area contributed by atoms with E-state index < -0.39 is 23.1 Å². The Balaban J connectivity index is 1.93. The Bertz CT molecular complexity index is 958. The van der Waals surface area contributed by atoms with Crippen molar-refractivity contribution in [3.63, 3.8) is 0 Å². The van der Waals surface area contributed by atoms with E-state index in [2.05, 4.69) is 20.9 Å². The van der Waals surface area contributed by atoms with Crippen LogP contribution >= 0.6 is 0 Å². The largest absolute Gasteiger partial charge is 0.494 e. The maximum absolute atomic E-state index is 13.7. The lowest BCUT2D eigenvalue weighted by atomic mass is 10.1. The number of amides is 2. The van der Waals surface area contributed by atoms with Crippen molar-refractivity contribution in [2.45, 2.75) is 19.8 Å². The molecule has 0 fully saturated rings. The van der Waals surface area contributed by atoms with Crippen molar-refractivity contribution >= 4 is 23.3 Å². The van der Waals surface area contributed by atoms with Gasteiger partial charge in [-0.1, -0.05) is 6.07 Å². The summed E-state index contributed by atoms with van der Waals surface area (Å²) < 4.78 is 32.6. The molecule has 32 heavy (non-hydrogen) atoms. The Hall–Kier alpha value is -3.82. The fourth-order valence-corrected chi connectivity index (χ4v) is 2.50. The number of anilines is 1. The molecule has 0 atom stereocenters. The van der Waals surface area contributed by atoms with Crippen LogP contribution in [0.1, 0.15) is 24.2 Å². The molecule has 2 amide bonds. The smallest absolute Gasteiger partial charge is 0.287 e. The van der Waals surface area contributed by atoms with Gasteiger partial charge in [0.2, 0.25) is 0 Å². The van der Waals surface area contributed by atoms with E-state index in [1.807, 2.05) is 6.92 Å². The van der Waals surface area contributed by atoms with Gasteiger partial charge in [-0.3, -0.25) is 15.0 Å². The number of ether oxygens (including phenoxy) is 1. The molecular weight excluding hydrogens is 420 g/mol. The standard InChI is InChI=1S/C22H25F2N5O3/c1-3-32-16-9-7-15(8-10-16)20(30)27-12-13-28-21(31)17(19(25)22(2,23)24)14-29-18-6-4-5-11-26-18/h4-11,14,25H,3,12-13H2,1-2H3,(H,26,29)(H,27,30)(H,28,31)/b17-14+,25-19?. The van der Waals surface area contributed by atoms with E-state index in [-0.39, 0.29) is 19.0 Å². The predicted octanol–water partition coefficient (Wildman–Crippen LogP) is 3.00. The minimum Gasteiger partial charge on any atom is -0.494 e.